The largest absolute Gasteiger partial charge is 0.486 e. The first-order chi connectivity index (χ1) is 9.74. The molecule has 5 heteroatoms. The highest BCUT2D eigenvalue weighted by atomic mass is 32.2. The molecule has 1 aliphatic heterocycles. The van der Waals surface area contributed by atoms with Crippen LogP contribution in [0.5, 0.6) is 11.5 Å². The van der Waals surface area contributed by atoms with E-state index in [1.165, 1.54) is 0 Å². The van der Waals surface area contributed by atoms with Gasteiger partial charge in [0.05, 0.1) is 0 Å². The lowest BCUT2D eigenvalue weighted by Crippen LogP contribution is -2.24. The fraction of sp³-hybridized carbons (Fsp3) is 0.600. The van der Waals surface area contributed by atoms with Crippen LogP contribution in [-0.2, 0) is 10.8 Å². The highest BCUT2D eigenvalue weighted by molar-refractivity contribution is 7.85. The molecule has 2 rings (SSSR count). The number of benzene rings is 1. The molecule has 20 heavy (non-hydrogen) atoms. The Hall–Kier alpha value is -1.07. The van der Waals surface area contributed by atoms with Crippen molar-refractivity contribution < 1.29 is 13.7 Å². The second kappa shape index (κ2) is 7.64. The van der Waals surface area contributed by atoms with Gasteiger partial charge in [-0.1, -0.05) is 19.4 Å². The van der Waals surface area contributed by atoms with Gasteiger partial charge in [-0.05, 0) is 31.2 Å². The van der Waals surface area contributed by atoms with Gasteiger partial charge in [0.1, 0.15) is 13.2 Å². The van der Waals surface area contributed by atoms with Crippen molar-refractivity contribution in [1.82, 2.24) is 5.32 Å². The number of ether oxygens (including phenoxy) is 2. The van der Waals surface area contributed by atoms with Crippen molar-refractivity contribution in [3.8, 4) is 11.5 Å². The average molecular weight is 297 g/mol. The Morgan fingerprint density at radius 3 is 2.75 bits per heavy atom. The highest BCUT2D eigenvalue weighted by Gasteiger charge is 2.17. The Kier molecular flexibility index (Phi) is 5.86. The van der Waals surface area contributed by atoms with Gasteiger partial charge in [-0.25, -0.2) is 0 Å². The van der Waals surface area contributed by atoms with Crippen molar-refractivity contribution in [1.29, 1.82) is 0 Å². The molecule has 1 N–H and O–H groups in total. The van der Waals surface area contributed by atoms with Crippen LogP contribution in [0.15, 0.2) is 18.2 Å². The van der Waals surface area contributed by atoms with E-state index in [1.807, 2.05) is 25.2 Å². The first-order valence-electron chi connectivity index (χ1n) is 7.16. The van der Waals surface area contributed by atoms with Crippen LogP contribution in [0.25, 0.3) is 0 Å². The molecule has 2 atom stereocenters. The molecule has 2 unspecified atom stereocenters. The molecule has 0 saturated heterocycles. The molecule has 1 aliphatic rings. The van der Waals surface area contributed by atoms with Crippen LogP contribution in [0.4, 0.5) is 0 Å². The van der Waals surface area contributed by atoms with Gasteiger partial charge in [-0.3, -0.25) is 4.21 Å². The third-order valence-corrected chi connectivity index (χ3v) is 4.84. The van der Waals surface area contributed by atoms with E-state index < -0.39 is 10.8 Å². The Morgan fingerprint density at radius 1 is 1.30 bits per heavy atom. The van der Waals surface area contributed by atoms with Crippen LogP contribution in [0, 0.1) is 0 Å². The van der Waals surface area contributed by atoms with Crippen molar-refractivity contribution in [2.45, 2.75) is 25.8 Å². The lowest BCUT2D eigenvalue weighted by Gasteiger charge is -2.22. The second-order valence-electron chi connectivity index (χ2n) is 4.91. The molecular weight excluding hydrogens is 274 g/mol. The van der Waals surface area contributed by atoms with Crippen LogP contribution in [0.1, 0.15) is 31.4 Å². The molecule has 0 radical (unpaired) electrons. The number of rotatable bonds is 7. The first-order valence-corrected chi connectivity index (χ1v) is 8.65. The SMILES string of the molecule is CCCCS(=O)CC(NC)c1ccc2c(c1)OCCO2. The summed E-state index contributed by atoms with van der Waals surface area (Å²) in [4.78, 5) is 0. The highest BCUT2D eigenvalue weighted by Crippen LogP contribution is 2.32. The number of hydrogen-bond acceptors (Lipinski definition) is 4. The third kappa shape index (κ3) is 3.96. The molecule has 0 saturated carbocycles. The van der Waals surface area contributed by atoms with Crippen LogP contribution in [0.3, 0.4) is 0 Å². The molecular formula is C15H23NO3S. The molecule has 1 heterocycles. The summed E-state index contributed by atoms with van der Waals surface area (Å²) in [6, 6.07) is 6.03. The molecule has 0 bridgehead atoms. The van der Waals surface area contributed by atoms with E-state index in [0.717, 1.165) is 35.7 Å². The smallest absolute Gasteiger partial charge is 0.161 e. The van der Waals surface area contributed by atoms with E-state index in [0.29, 0.717) is 19.0 Å². The molecule has 4 nitrogen and oxygen atoms in total. The van der Waals surface area contributed by atoms with E-state index >= 15 is 0 Å². The van der Waals surface area contributed by atoms with Crippen molar-refractivity contribution >= 4 is 10.8 Å². The minimum Gasteiger partial charge on any atom is -0.486 e. The predicted octanol–water partition coefficient (Wildman–Crippen LogP) is 2.27. The summed E-state index contributed by atoms with van der Waals surface area (Å²) in [6.07, 6.45) is 2.10. The number of unbranched alkanes of at least 4 members (excludes halogenated alkanes) is 1. The maximum absolute atomic E-state index is 12.0. The first kappa shape index (κ1) is 15.3. The van der Waals surface area contributed by atoms with Gasteiger partial charge in [0.25, 0.3) is 0 Å². The van der Waals surface area contributed by atoms with Gasteiger partial charge in [0.2, 0.25) is 0 Å². The molecule has 0 aliphatic carbocycles. The quantitative estimate of drug-likeness (QED) is 0.838. The van der Waals surface area contributed by atoms with Crippen LogP contribution < -0.4 is 14.8 Å². The lowest BCUT2D eigenvalue weighted by atomic mass is 10.1. The summed E-state index contributed by atoms with van der Waals surface area (Å²) < 4.78 is 23.2. The Balaban J connectivity index is 2.05. The summed E-state index contributed by atoms with van der Waals surface area (Å²) in [5, 5.41) is 3.24. The summed E-state index contributed by atoms with van der Waals surface area (Å²) in [7, 11) is 1.11. The van der Waals surface area contributed by atoms with Gasteiger partial charge in [-0.15, -0.1) is 0 Å². The Morgan fingerprint density at radius 2 is 2.05 bits per heavy atom. The zero-order chi connectivity index (χ0) is 14.4. The normalized spacial score (nSPS) is 16.7. The van der Waals surface area contributed by atoms with Gasteiger partial charge >= 0.3 is 0 Å². The number of fused-ring (bicyclic) bond motifs is 1. The topological polar surface area (TPSA) is 47.6 Å². The van der Waals surface area contributed by atoms with Gasteiger partial charge in [0.15, 0.2) is 11.5 Å². The lowest BCUT2D eigenvalue weighted by molar-refractivity contribution is 0.171. The fourth-order valence-corrected chi connectivity index (χ4v) is 3.71. The summed E-state index contributed by atoms with van der Waals surface area (Å²) in [5.74, 6) is 2.99. The zero-order valence-corrected chi connectivity index (χ0v) is 13.0. The Bertz CT molecular complexity index is 464. The monoisotopic (exact) mass is 297 g/mol. The van der Waals surface area contributed by atoms with Crippen molar-refractivity contribution in [3.05, 3.63) is 23.8 Å². The maximum atomic E-state index is 12.0. The van der Waals surface area contributed by atoms with E-state index in [1.54, 1.807) is 0 Å². The van der Waals surface area contributed by atoms with Gasteiger partial charge in [-0.2, -0.15) is 0 Å². The predicted molar refractivity (Wildman–Crippen MR) is 82.0 cm³/mol. The molecule has 0 fully saturated rings. The van der Waals surface area contributed by atoms with Crippen LogP contribution in [-0.4, -0.2) is 36.0 Å². The van der Waals surface area contributed by atoms with Crippen molar-refractivity contribution in [2.24, 2.45) is 0 Å². The second-order valence-corrected chi connectivity index (χ2v) is 6.53. The van der Waals surface area contributed by atoms with Crippen LogP contribution >= 0.6 is 0 Å². The molecule has 1 aromatic carbocycles. The summed E-state index contributed by atoms with van der Waals surface area (Å²) in [5.41, 5.74) is 1.10. The summed E-state index contributed by atoms with van der Waals surface area (Å²) in [6.45, 7) is 3.31. The van der Waals surface area contributed by atoms with Crippen molar-refractivity contribution in [2.75, 3.05) is 31.8 Å². The Labute approximate surface area is 123 Å². The number of nitrogens with one attached hydrogen (secondary N) is 1. The van der Waals surface area contributed by atoms with E-state index in [4.69, 9.17) is 9.47 Å². The molecule has 1 aromatic rings. The number of hydrogen-bond donors (Lipinski definition) is 1. The van der Waals surface area contributed by atoms with Crippen LogP contribution in [0.2, 0.25) is 0 Å². The molecule has 0 spiro atoms. The molecule has 112 valence electrons. The standard InChI is InChI=1S/C15H23NO3S/c1-3-4-9-20(17)11-13(16-2)12-5-6-14-15(10-12)19-8-7-18-14/h5-6,10,13,16H,3-4,7-9,11H2,1-2H3. The fourth-order valence-electron chi connectivity index (χ4n) is 2.20. The molecule has 0 amide bonds. The maximum Gasteiger partial charge on any atom is 0.161 e. The summed E-state index contributed by atoms with van der Waals surface area (Å²) >= 11 is 0. The molecule has 0 aromatic heterocycles. The van der Waals surface area contributed by atoms with Gasteiger partial charge < -0.3 is 14.8 Å². The van der Waals surface area contributed by atoms with E-state index in [2.05, 4.69) is 12.2 Å². The third-order valence-electron chi connectivity index (χ3n) is 3.40. The minimum absolute atomic E-state index is 0.0866. The van der Waals surface area contributed by atoms with E-state index in [-0.39, 0.29) is 6.04 Å². The zero-order valence-electron chi connectivity index (χ0n) is 12.2. The van der Waals surface area contributed by atoms with Gasteiger partial charge in [0, 0.05) is 28.3 Å². The minimum atomic E-state index is -0.787. The average Bonchev–Trinajstić information content (AvgIpc) is 2.50. The van der Waals surface area contributed by atoms with Crippen molar-refractivity contribution in [3.63, 3.8) is 0 Å². The van der Waals surface area contributed by atoms with E-state index in [9.17, 15) is 4.21 Å².